The maximum absolute atomic E-state index is 11.4. The Labute approximate surface area is 117 Å². The Bertz CT molecular complexity index is 418. The average Bonchev–Trinajstić information content (AvgIpc) is 2.34. The molecule has 0 aromatic carbocycles. The quantitative estimate of drug-likeness (QED) is 0.690. The smallest absolute Gasteiger partial charge is 0.211 e. The highest BCUT2D eigenvalue weighted by Gasteiger charge is 2.23. The van der Waals surface area contributed by atoms with Crippen LogP contribution in [-0.2, 0) is 10.0 Å². The Morgan fingerprint density at radius 3 is 2.21 bits per heavy atom. The van der Waals surface area contributed by atoms with Gasteiger partial charge in [-0.25, -0.2) is 8.42 Å². The second kappa shape index (κ2) is 6.69. The summed E-state index contributed by atoms with van der Waals surface area (Å²) in [6, 6.07) is 2.32. The summed E-state index contributed by atoms with van der Waals surface area (Å²) < 4.78 is 24.3. The Hall–Kier alpha value is -0.640. The van der Waals surface area contributed by atoms with E-state index in [0.717, 1.165) is 38.9 Å². The summed E-state index contributed by atoms with van der Waals surface area (Å²) in [7, 11) is -3.03. The molecular formula is C13H25N3O2S. The molecule has 0 aromatic heterocycles. The van der Waals surface area contributed by atoms with Gasteiger partial charge in [-0.15, -0.1) is 0 Å². The molecular weight excluding hydrogens is 262 g/mol. The molecule has 0 bridgehead atoms. The van der Waals surface area contributed by atoms with Gasteiger partial charge in [-0.05, 0) is 33.2 Å². The Morgan fingerprint density at radius 2 is 1.74 bits per heavy atom. The highest BCUT2D eigenvalue weighted by molar-refractivity contribution is 7.88. The van der Waals surface area contributed by atoms with Crippen LogP contribution >= 0.6 is 0 Å². The van der Waals surface area contributed by atoms with Crippen LogP contribution in [0.5, 0.6) is 0 Å². The summed E-state index contributed by atoms with van der Waals surface area (Å²) >= 11 is 0. The van der Waals surface area contributed by atoms with Crippen molar-refractivity contribution in [3.8, 4) is 6.07 Å². The summed E-state index contributed by atoms with van der Waals surface area (Å²) in [5, 5.41) is 8.92. The summed E-state index contributed by atoms with van der Waals surface area (Å²) in [5.41, 5.74) is -0.227. The second-order valence-corrected chi connectivity index (χ2v) is 7.94. The van der Waals surface area contributed by atoms with Crippen molar-refractivity contribution in [1.29, 1.82) is 5.26 Å². The Balaban J connectivity index is 2.19. The highest BCUT2D eigenvalue weighted by Crippen LogP contribution is 2.21. The summed E-state index contributed by atoms with van der Waals surface area (Å²) in [6.45, 7) is 7.77. The molecule has 110 valence electrons. The maximum atomic E-state index is 11.4. The Kier molecular flexibility index (Phi) is 5.78. The third kappa shape index (κ3) is 5.89. The van der Waals surface area contributed by atoms with Gasteiger partial charge in [-0.2, -0.15) is 9.57 Å². The molecule has 0 aromatic rings. The molecule has 0 atom stereocenters. The van der Waals surface area contributed by atoms with Crippen molar-refractivity contribution in [3.63, 3.8) is 0 Å². The van der Waals surface area contributed by atoms with Crippen LogP contribution in [0.3, 0.4) is 0 Å². The molecule has 0 N–H and O–H groups in total. The van der Waals surface area contributed by atoms with Crippen LogP contribution in [0.2, 0.25) is 0 Å². The van der Waals surface area contributed by atoms with Gasteiger partial charge >= 0.3 is 0 Å². The molecule has 0 saturated carbocycles. The number of piperazine rings is 1. The number of hydrogen-bond acceptors (Lipinski definition) is 4. The average molecular weight is 287 g/mol. The molecule has 1 saturated heterocycles. The van der Waals surface area contributed by atoms with E-state index >= 15 is 0 Å². The number of unbranched alkanes of at least 4 members (excludes halogenated alkanes) is 1. The molecule has 1 heterocycles. The Morgan fingerprint density at radius 1 is 1.16 bits per heavy atom. The molecule has 1 aliphatic rings. The van der Waals surface area contributed by atoms with Gasteiger partial charge in [-0.3, -0.25) is 0 Å². The molecule has 6 heteroatoms. The third-order valence-electron chi connectivity index (χ3n) is 3.63. The number of nitrogens with zero attached hydrogens (tertiary/aromatic N) is 3. The first kappa shape index (κ1) is 16.4. The SMILES string of the molecule is CC(C)(C#N)CCCCN1CCN(S(C)(=O)=O)CC1. The van der Waals surface area contributed by atoms with Gasteiger partial charge in [0.25, 0.3) is 0 Å². The monoisotopic (exact) mass is 287 g/mol. The van der Waals surface area contributed by atoms with Crippen molar-refractivity contribution in [2.24, 2.45) is 5.41 Å². The molecule has 1 aliphatic heterocycles. The van der Waals surface area contributed by atoms with E-state index in [1.54, 1.807) is 4.31 Å². The van der Waals surface area contributed by atoms with Crippen LogP contribution in [0.1, 0.15) is 33.1 Å². The molecule has 1 fully saturated rings. The van der Waals surface area contributed by atoms with E-state index in [4.69, 9.17) is 5.26 Å². The van der Waals surface area contributed by atoms with Crippen LogP contribution < -0.4 is 0 Å². The minimum Gasteiger partial charge on any atom is -0.301 e. The maximum Gasteiger partial charge on any atom is 0.211 e. The molecule has 5 nitrogen and oxygen atoms in total. The summed E-state index contributed by atoms with van der Waals surface area (Å²) in [5.74, 6) is 0. The molecule has 0 aliphatic carbocycles. The van der Waals surface area contributed by atoms with Gasteiger partial charge in [0.2, 0.25) is 10.0 Å². The van der Waals surface area contributed by atoms with Crippen LogP contribution in [-0.4, -0.2) is 56.6 Å². The lowest BCUT2D eigenvalue weighted by Crippen LogP contribution is -2.48. The first-order valence-corrected chi connectivity index (χ1v) is 8.68. The normalized spacial score (nSPS) is 19.3. The molecule has 0 radical (unpaired) electrons. The van der Waals surface area contributed by atoms with Gasteiger partial charge in [0.05, 0.1) is 17.7 Å². The number of rotatable bonds is 6. The van der Waals surface area contributed by atoms with E-state index in [0.29, 0.717) is 13.1 Å². The second-order valence-electron chi connectivity index (χ2n) is 5.96. The van der Waals surface area contributed by atoms with Crippen LogP contribution in [0.25, 0.3) is 0 Å². The zero-order chi connectivity index (χ0) is 14.5. The predicted molar refractivity (Wildman–Crippen MR) is 76.1 cm³/mol. The van der Waals surface area contributed by atoms with Gasteiger partial charge in [-0.1, -0.05) is 6.42 Å². The van der Waals surface area contributed by atoms with E-state index in [2.05, 4.69) is 11.0 Å². The summed E-state index contributed by atoms with van der Waals surface area (Å²) in [4.78, 5) is 2.31. The van der Waals surface area contributed by atoms with Gasteiger partial charge < -0.3 is 4.90 Å². The zero-order valence-corrected chi connectivity index (χ0v) is 13.0. The van der Waals surface area contributed by atoms with E-state index in [-0.39, 0.29) is 5.41 Å². The van der Waals surface area contributed by atoms with Crippen molar-refractivity contribution in [3.05, 3.63) is 0 Å². The highest BCUT2D eigenvalue weighted by atomic mass is 32.2. The van der Waals surface area contributed by atoms with Crippen molar-refractivity contribution in [1.82, 2.24) is 9.21 Å². The molecule has 0 spiro atoms. The van der Waals surface area contributed by atoms with E-state index < -0.39 is 10.0 Å². The third-order valence-corrected chi connectivity index (χ3v) is 4.93. The fourth-order valence-corrected chi connectivity index (χ4v) is 3.07. The van der Waals surface area contributed by atoms with E-state index in [9.17, 15) is 8.42 Å². The fraction of sp³-hybridized carbons (Fsp3) is 0.923. The predicted octanol–water partition coefficient (Wildman–Crippen LogP) is 1.28. The first-order chi connectivity index (χ1) is 8.74. The zero-order valence-electron chi connectivity index (χ0n) is 12.2. The van der Waals surface area contributed by atoms with Crippen LogP contribution in [0, 0.1) is 16.7 Å². The van der Waals surface area contributed by atoms with Crippen molar-refractivity contribution >= 4 is 10.0 Å². The molecule has 19 heavy (non-hydrogen) atoms. The number of nitriles is 1. The van der Waals surface area contributed by atoms with E-state index in [1.807, 2.05) is 13.8 Å². The number of sulfonamides is 1. The number of hydrogen-bond donors (Lipinski definition) is 0. The minimum absolute atomic E-state index is 0.227. The lowest BCUT2D eigenvalue weighted by Gasteiger charge is -2.33. The van der Waals surface area contributed by atoms with Gasteiger partial charge in [0.1, 0.15) is 0 Å². The largest absolute Gasteiger partial charge is 0.301 e. The van der Waals surface area contributed by atoms with Crippen molar-refractivity contribution < 1.29 is 8.42 Å². The summed E-state index contributed by atoms with van der Waals surface area (Å²) in [6.07, 6.45) is 4.32. The molecule has 0 amide bonds. The first-order valence-electron chi connectivity index (χ1n) is 6.83. The molecule has 0 unspecified atom stereocenters. The van der Waals surface area contributed by atoms with Gasteiger partial charge in [0, 0.05) is 26.2 Å². The van der Waals surface area contributed by atoms with Crippen LogP contribution in [0.15, 0.2) is 0 Å². The molecule has 1 rings (SSSR count). The van der Waals surface area contributed by atoms with Crippen LogP contribution in [0.4, 0.5) is 0 Å². The van der Waals surface area contributed by atoms with Crippen molar-refractivity contribution in [2.75, 3.05) is 39.0 Å². The lowest BCUT2D eigenvalue weighted by molar-refractivity contribution is 0.184. The minimum atomic E-state index is -3.03. The standard InChI is InChI=1S/C13H25N3O2S/c1-13(2,12-14)6-4-5-7-15-8-10-16(11-9-15)19(3,17)18/h4-11H2,1-3H3. The fourth-order valence-electron chi connectivity index (χ4n) is 2.24. The lowest BCUT2D eigenvalue weighted by atomic mass is 9.89. The van der Waals surface area contributed by atoms with Crippen molar-refractivity contribution in [2.45, 2.75) is 33.1 Å². The topological polar surface area (TPSA) is 64.4 Å². The van der Waals surface area contributed by atoms with E-state index in [1.165, 1.54) is 6.26 Å². The van der Waals surface area contributed by atoms with Gasteiger partial charge in [0.15, 0.2) is 0 Å².